The smallest absolute Gasteiger partial charge is 0.144 e. The second-order valence-electron chi connectivity index (χ2n) is 3.48. The van der Waals surface area contributed by atoms with Crippen molar-refractivity contribution in [2.45, 2.75) is 13.3 Å². The lowest BCUT2D eigenvalue weighted by Crippen LogP contribution is -2.03. The van der Waals surface area contributed by atoms with Crippen LogP contribution in [0.3, 0.4) is 0 Å². The first-order valence-electron chi connectivity index (χ1n) is 4.85. The first-order valence-corrected chi connectivity index (χ1v) is 4.85. The summed E-state index contributed by atoms with van der Waals surface area (Å²) in [5.41, 5.74) is 1.92. The first-order chi connectivity index (χ1) is 7.13. The number of nitrogens with one attached hydrogen (secondary N) is 1. The van der Waals surface area contributed by atoms with Gasteiger partial charge in [-0.25, -0.2) is 4.39 Å². The first kappa shape index (κ1) is 11.6. The average Bonchev–Trinajstić information content (AvgIpc) is 2.19. The van der Waals surface area contributed by atoms with Crippen molar-refractivity contribution in [3.05, 3.63) is 36.2 Å². The highest BCUT2D eigenvalue weighted by molar-refractivity contribution is 5.56. The van der Waals surface area contributed by atoms with Crippen molar-refractivity contribution in [2.24, 2.45) is 0 Å². The van der Waals surface area contributed by atoms with E-state index in [1.165, 1.54) is 19.2 Å². The van der Waals surface area contributed by atoms with Gasteiger partial charge in [-0.1, -0.05) is 5.57 Å². The number of benzene rings is 1. The van der Waals surface area contributed by atoms with Gasteiger partial charge in [-0.15, -0.1) is 6.58 Å². The van der Waals surface area contributed by atoms with Crippen molar-refractivity contribution >= 4 is 5.69 Å². The van der Waals surface area contributed by atoms with Crippen molar-refractivity contribution in [2.75, 3.05) is 19.0 Å². The molecule has 0 radical (unpaired) electrons. The summed E-state index contributed by atoms with van der Waals surface area (Å²) in [6.07, 6.45) is 0.889. The van der Waals surface area contributed by atoms with E-state index in [1.54, 1.807) is 6.07 Å². The zero-order chi connectivity index (χ0) is 11.3. The fourth-order valence-corrected chi connectivity index (χ4v) is 1.22. The Morgan fingerprint density at radius 2 is 2.27 bits per heavy atom. The van der Waals surface area contributed by atoms with Gasteiger partial charge in [0, 0.05) is 12.6 Å². The van der Waals surface area contributed by atoms with Gasteiger partial charge < -0.3 is 10.1 Å². The maximum absolute atomic E-state index is 12.9. The summed E-state index contributed by atoms with van der Waals surface area (Å²) in [4.78, 5) is 0. The molecule has 1 aromatic carbocycles. The minimum atomic E-state index is -0.294. The number of ether oxygens (including phenoxy) is 1. The average molecular weight is 209 g/mol. The molecule has 0 amide bonds. The molecule has 1 rings (SSSR count). The van der Waals surface area contributed by atoms with Crippen LogP contribution in [0.4, 0.5) is 10.1 Å². The van der Waals surface area contributed by atoms with Crippen LogP contribution in [0.1, 0.15) is 13.3 Å². The van der Waals surface area contributed by atoms with E-state index in [0.717, 1.165) is 24.2 Å². The van der Waals surface area contributed by atoms with E-state index in [-0.39, 0.29) is 5.82 Å². The van der Waals surface area contributed by atoms with Crippen LogP contribution in [-0.4, -0.2) is 13.7 Å². The number of halogens is 1. The van der Waals surface area contributed by atoms with E-state index in [2.05, 4.69) is 11.9 Å². The van der Waals surface area contributed by atoms with Crippen molar-refractivity contribution in [3.63, 3.8) is 0 Å². The molecule has 0 atom stereocenters. The molecule has 0 heterocycles. The third-order valence-corrected chi connectivity index (χ3v) is 2.03. The minimum Gasteiger partial charge on any atom is -0.494 e. The van der Waals surface area contributed by atoms with E-state index < -0.39 is 0 Å². The summed E-state index contributed by atoms with van der Waals surface area (Å²) < 4.78 is 17.9. The van der Waals surface area contributed by atoms with Gasteiger partial charge in [0.2, 0.25) is 0 Å². The molecule has 0 aliphatic carbocycles. The molecule has 0 aliphatic heterocycles. The maximum atomic E-state index is 12.9. The molecule has 1 N–H and O–H groups in total. The number of methoxy groups -OCH3 is 1. The van der Waals surface area contributed by atoms with Crippen LogP contribution in [-0.2, 0) is 0 Å². The quantitative estimate of drug-likeness (QED) is 0.752. The standard InChI is InChI=1S/C12H16FNO/c1-9(2)6-7-14-11-5-4-10(13)8-12(11)15-3/h4-5,8,14H,1,6-7H2,2-3H3. The van der Waals surface area contributed by atoms with Gasteiger partial charge in [-0.05, 0) is 25.5 Å². The van der Waals surface area contributed by atoms with Crippen LogP contribution in [0.15, 0.2) is 30.4 Å². The second kappa shape index (κ2) is 5.39. The van der Waals surface area contributed by atoms with E-state index in [1.807, 2.05) is 6.92 Å². The SMILES string of the molecule is C=C(C)CCNc1ccc(F)cc1OC. The highest BCUT2D eigenvalue weighted by Gasteiger charge is 2.03. The third kappa shape index (κ3) is 3.62. The van der Waals surface area contributed by atoms with Crippen LogP contribution in [0, 0.1) is 5.82 Å². The lowest BCUT2D eigenvalue weighted by molar-refractivity contribution is 0.413. The molecule has 2 nitrogen and oxygen atoms in total. The fourth-order valence-electron chi connectivity index (χ4n) is 1.22. The zero-order valence-electron chi connectivity index (χ0n) is 9.14. The Morgan fingerprint density at radius 3 is 2.87 bits per heavy atom. The Morgan fingerprint density at radius 1 is 1.53 bits per heavy atom. The Bertz CT molecular complexity index is 349. The maximum Gasteiger partial charge on any atom is 0.144 e. The Balaban J connectivity index is 2.63. The van der Waals surface area contributed by atoms with Crippen molar-refractivity contribution in [3.8, 4) is 5.75 Å². The molecule has 0 fully saturated rings. The van der Waals surface area contributed by atoms with Gasteiger partial charge >= 0.3 is 0 Å². The molecule has 0 spiro atoms. The van der Waals surface area contributed by atoms with E-state index in [0.29, 0.717) is 5.75 Å². The minimum absolute atomic E-state index is 0.294. The molecule has 1 aromatic rings. The highest BCUT2D eigenvalue weighted by Crippen LogP contribution is 2.24. The summed E-state index contributed by atoms with van der Waals surface area (Å²) >= 11 is 0. The Labute approximate surface area is 89.8 Å². The van der Waals surface area contributed by atoms with E-state index in [9.17, 15) is 4.39 Å². The van der Waals surface area contributed by atoms with Crippen molar-refractivity contribution < 1.29 is 9.13 Å². The van der Waals surface area contributed by atoms with Gasteiger partial charge in [0.15, 0.2) is 0 Å². The molecule has 0 unspecified atom stereocenters. The van der Waals surface area contributed by atoms with Crippen LogP contribution in [0.25, 0.3) is 0 Å². The van der Waals surface area contributed by atoms with Gasteiger partial charge in [0.05, 0.1) is 12.8 Å². The molecule has 15 heavy (non-hydrogen) atoms. The molecule has 0 saturated carbocycles. The highest BCUT2D eigenvalue weighted by atomic mass is 19.1. The summed E-state index contributed by atoms with van der Waals surface area (Å²) in [6, 6.07) is 4.45. The summed E-state index contributed by atoms with van der Waals surface area (Å²) in [7, 11) is 1.53. The van der Waals surface area contributed by atoms with Crippen molar-refractivity contribution in [1.82, 2.24) is 0 Å². The third-order valence-electron chi connectivity index (χ3n) is 2.03. The van der Waals surface area contributed by atoms with Crippen LogP contribution < -0.4 is 10.1 Å². The Hall–Kier alpha value is -1.51. The molecule has 3 heteroatoms. The van der Waals surface area contributed by atoms with Gasteiger partial charge in [-0.2, -0.15) is 0 Å². The summed E-state index contributed by atoms with van der Waals surface area (Å²) in [5.74, 6) is 0.231. The number of anilines is 1. The predicted octanol–water partition coefficient (Wildman–Crippen LogP) is 3.21. The second-order valence-corrected chi connectivity index (χ2v) is 3.48. The number of hydrogen-bond acceptors (Lipinski definition) is 2. The van der Waals surface area contributed by atoms with Crippen LogP contribution in [0.2, 0.25) is 0 Å². The summed E-state index contributed by atoms with van der Waals surface area (Å²) in [6.45, 7) is 6.56. The molecular weight excluding hydrogens is 193 g/mol. The molecule has 0 bridgehead atoms. The molecule has 0 aromatic heterocycles. The van der Waals surface area contributed by atoms with Gasteiger partial charge in [0.25, 0.3) is 0 Å². The van der Waals surface area contributed by atoms with Crippen LogP contribution >= 0.6 is 0 Å². The topological polar surface area (TPSA) is 21.3 Å². The van der Waals surface area contributed by atoms with Crippen LogP contribution in [0.5, 0.6) is 5.75 Å². The van der Waals surface area contributed by atoms with Crippen molar-refractivity contribution in [1.29, 1.82) is 0 Å². The monoisotopic (exact) mass is 209 g/mol. The van der Waals surface area contributed by atoms with E-state index >= 15 is 0 Å². The normalized spacial score (nSPS) is 9.80. The van der Waals surface area contributed by atoms with E-state index in [4.69, 9.17) is 4.74 Å². The van der Waals surface area contributed by atoms with Gasteiger partial charge in [0.1, 0.15) is 11.6 Å². The fraction of sp³-hybridized carbons (Fsp3) is 0.333. The zero-order valence-corrected chi connectivity index (χ0v) is 9.14. The number of hydrogen-bond donors (Lipinski definition) is 1. The predicted molar refractivity (Wildman–Crippen MR) is 60.9 cm³/mol. The molecule has 82 valence electrons. The lowest BCUT2D eigenvalue weighted by atomic mass is 10.2. The van der Waals surface area contributed by atoms with Gasteiger partial charge in [-0.3, -0.25) is 0 Å². The molecule has 0 saturated heterocycles. The largest absolute Gasteiger partial charge is 0.494 e. The summed E-state index contributed by atoms with van der Waals surface area (Å²) in [5, 5.41) is 3.17. The Kier molecular flexibility index (Phi) is 4.16. The lowest BCUT2D eigenvalue weighted by Gasteiger charge is -2.10. The molecular formula is C12H16FNO. The number of rotatable bonds is 5. The molecule has 0 aliphatic rings.